The van der Waals surface area contributed by atoms with E-state index in [9.17, 15) is 4.79 Å². The zero-order valence-electron chi connectivity index (χ0n) is 11.6. The highest BCUT2D eigenvalue weighted by Crippen LogP contribution is 2.28. The highest BCUT2D eigenvalue weighted by Gasteiger charge is 2.20. The molecule has 0 aliphatic heterocycles. The van der Waals surface area contributed by atoms with E-state index in [2.05, 4.69) is 5.32 Å². The van der Waals surface area contributed by atoms with Gasteiger partial charge in [-0.15, -0.1) is 0 Å². The molecule has 1 aromatic rings. The molecule has 4 nitrogen and oxygen atoms in total. The van der Waals surface area contributed by atoms with Gasteiger partial charge in [0, 0.05) is 6.54 Å². The third-order valence-electron chi connectivity index (χ3n) is 3.68. The van der Waals surface area contributed by atoms with E-state index in [4.69, 9.17) is 9.47 Å². The maximum absolute atomic E-state index is 12.3. The van der Waals surface area contributed by atoms with Crippen LogP contribution < -0.4 is 14.8 Å². The van der Waals surface area contributed by atoms with Crippen molar-refractivity contribution in [1.82, 2.24) is 5.32 Å². The Balaban J connectivity index is 2.08. The van der Waals surface area contributed by atoms with E-state index in [0.717, 1.165) is 6.54 Å². The van der Waals surface area contributed by atoms with Crippen LogP contribution in [0.15, 0.2) is 18.2 Å². The normalized spacial score (nSPS) is 15.3. The first kappa shape index (κ1) is 13.7. The van der Waals surface area contributed by atoms with Crippen molar-refractivity contribution in [1.29, 1.82) is 0 Å². The number of hydrogen-bond acceptors (Lipinski definition) is 3. The van der Waals surface area contributed by atoms with Crippen molar-refractivity contribution in [3.63, 3.8) is 0 Å². The lowest BCUT2D eigenvalue weighted by molar-refractivity contribution is 0.0941. The number of hydrogen-bond donors (Lipinski definition) is 1. The summed E-state index contributed by atoms with van der Waals surface area (Å²) in [5.41, 5.74) is 0.477. The summed E-state index contributed by atoms with van der Waals surface area (Å²) in [6, 6.07) is 5.35. The van der Waals surface area contributed by atoms with Gasteiger partial charge in [0.05, 0.1) is 14.2 Å². The molecule has 0 heterocycles. The van der Waals surface area contributed by atoms with Gasteiger partial charge in [-0.1, -0.05) is 18.9 Å². The van der Waals surface area contributed by atoms with Crippen LogP contribution in [-0.2, 0) is 0 Å². The second kappa shape index (κ2) is 6.45. The van der Waals surface area contributed by atoms with E-state index in [1.165, 1.54) is 25.7 Å². The maximum Gasteiger partial charge on any atom is 0.258 e. The van der Waals surface area contributed by atoms with Crippen LogP contribution in [0.5, 0.6) is 11.5 Å². The van der Waals surface area contributed by atoms with Crippen LogP contribution in [0.3, 0.4) is 0 Å². The van der Waals surface area contributed by atoms with Gasteiger partial charge in [-0.3, -0.25) is 4.79 Å². The molecule has 19 heavy (non-hydrogen) atoms. The molecule has 0 radical (unpaired) electrons. The molecule has 1 aliphatic carbocycles. The Morgan fingerprint density at radius 1 is 1.21 bits per heavy atom. The van der Waals surface area contributed by atoms with Gasteiger partial charge in [-0.2, -0.15) is 0 Å². The molecular formula is C15H21NO3. The van der Waals surface area contributed by atoms with Crippen LogP contribution in [0.1, 0.15) is 36.0 Å². The van der Waals surface area contributed by atoms with E-state index in [-0.39, 0.29) is 5.91 Å². The fourth-order valence-electron chi connectivity index (χ4n) is 2.61. The Labute approximate surface area is 114 Å². The number of nitrogens with one attached hydrogen (secondary N) is 1. The standard InChI is InChI=1S/C15H21NO3/c1-18-12-8-5-9-13(19-2)14(12)15(17)16-10-11-6-3-4-7-11/h5,8-9,11H,3-4,6-7,10H2,1-2H3,(H,16,17). The van der Waals surface area contributed by atoms with Crippen LogP contribution >= 0.6 is 0 Å². The minimum absolute atomic E-state index is 0.124. The summed E-state index contributed by atoms with van der Waals surface area (Å²) in [5, 5.41) is 2.99. The molecule has 1 amide bonds. The third kappa shape index (κ3) is 3.19. The van der Waals surface area contributed by atoms with Crippen LogP contribution in [-0.4, -0.2) is 26.7 Å². The van der Waals surface area contributed by atoms with E-state index < -0.39 is 0 Å². The number of benzene rings is 1. The molecule has 1 saturated carbocycles. The highest BCUT2D eigenvalue weighted by atomic mass is 16.5. The van der Waals surface area contributed by atoms with Crippen LogP contribution in [0.4, 0.5) is 0 Å². The van der Waals surface area contributed by atoms with E-state index in [1.807, 2.05) is 6.07 Å². The van der Waals surface area contributed by atoms with Gasteiger partial charge < -0.3 is 14.8 Å². The molecule has 1 fully saturated rings. The van der Waals surface area contributed by atoms with Crippen molar-refractivity contribution in [3.05, 3.63) is 23.8 Å². The number of carbonyl (C=O) groups excluding carboxylic acids is 1. The second-order valence-corrected chi connectivity index (χ2v) is 4.90. The van der Waals surface area contributed by atoms with Gasteiger partial charge in [-0.05, 0) is 30.9 Å². The van der Waals surface area contributed by atoms with Crippen LogP contribution in [0.2, 0.25) is 0 Å². The SMILES string of the molecule is COc1cccc(OC)c1C(=O)NCC1CCCC1. The topological polar surface area (TPSA) is 47.6 Å². The molecule has 0 unspecified atom stereocenters. The molecule has 4 heteroatoms. The van der Waals surface area contributed by atoms with Crippen molar-refractivity contribution in [3.8, 4) is 11.5 Å². The monoisotopic (exact) mass is 263 g/mol. The quantitative estimate of drug-likeness (QED) is 0.888. The van der Waals surface area contributed by atoms with E-state index in [1.54, 1.807) is 26.4 Å². The Morgan fingerprint density at radius 3 is 2.32 bits per heavy atom. The summed E-state index contributed by atoms with van der Waals surface area (Å²) in [7, 11) is 3.12. The fraction of sp³-hybridized carbons (Fsp3) is 0.533. The smallest absolute Gasteiger partial charge is 0.258 e. The molecule has 1 aromatic carbocycles. The molecular weight excluding hydrogens is 242 g/mol. The van der Waals surface area contributed by atoms with Gasteiger partial charge in [0.1, 0.15) is 17.1 Å². The Hall–Kier alpha value is -1.71. The van der Waals surface area contributed by atoms with Gasteiger partial charge in [-0.25, -0.2) is 0 Å². The van der Waals surface area contributed by atoms with Gasteiger partial charge >= 0.3 is 0 Å². The average molecular weight is 263 g/mol. The molecule has 0 saturated heterocycles. The molecule has 0 spiro atoms. The predicted molar refractivity (Wildman–Crippen MR) is 73.8 cm³/mol. The summed E-state index contributed by atoms with van der Waals surface area (Å²) < 4.78 is 10.5. The molecule has 0 atom stereocenters. The fourth-order valence-corrected chi connectivity index (χ4v) is 2.61. The zero-order valence-corrected chi connectivity index (χ0v) is 11.6. The zero-order chi connectivity index (χ0) is 13.7. The Kier molecular flexibility index (Phi) is 4.66. The largest absolute Gasteiger partial charge is 0.496 e. The second-order valence-electron chi connectivity index (χ2n) is 4.90. The van der Waals surface area contributed by atoms with Crippen LogP contribution in [0, 0.1) is 5.92 Å². The maximum atomic E-state index is 12.3. The Morgan fingerprint density at radius 2 is 1.79 bits per heavy atom. The number of ether oxygens (including phenoxy) is 2. The highest BCUT2D eigenvalue weighted by molar-refractivity contribution is 5.99. The summed E-state index contributed by atoms with van der Waals surface area (Å²) in [4.78, 5) is 12.3. The number of amides is 1. The molecule has 2 rings (SSSR count). The molecule has 0 aromatic heterocycles. The molecule has 0 bridgehead atoms. The van der Waals surface area contributed by atoms with E-state index in [0.29, 0.717) is 23.0 Å². The lowest BCUT2D eigenvalue weighted by atomic mass is 10.1. The van der Waals surface area contributed by atoms with E-state index >= 15 is 0 Å². The summed E-state index contributed by atoms with van der Waals surface area (Å²) in [6.07, 6.45) is 4.98. The number of rotatable bonds is 5. The molecule has 1 N–H and O–H groups in total. The summed E-state index contributed by atoms with van der Waals surface area (Å²) >= 11 is 0. The Bertz CT molecular complexity index is 417. The van der Waals surface area contributed by atoms with Crippen molar-refractivity contribution >= 4 is 5.91 Å². The van der Waals surface area contributed by atoms with Crippen molar-refractivity contribution < 1.29 is 14.3 Å². The summed E-state index contributed by atoms with van der Waals surface area (Å²) in [6.45, 7) is 0.736. The van der Waals surface area contributed by atoms with Crippen molar-refractivity contribution in [2.45, 2.75) is 25.7 Å². The molecule has 104 valence electrons. The van der Waals surface area contributed by atoms with Gasteiger partial charge in [0.15, 0.2) is 0 Å². The molecule has 1 aliphatic rings. The first-order valence-corrected chi connectivity index (χ1v) is 6.75. The summed E-state index contributed by atoms with van der Waals surface area (Å²) in [5.74, 6) is 1.58. The van der Waals surface area contributed by atoms with Gasteiger partial charge in [0.25, 0.3) is 5.91 Å². The minimum Gasteiger partial charge on any atom is -0.496 e. The lowest BCUT2D eigenvalue weighted by Crippen LogP contribution is -2.29. The van der Waals surface area contributed by atoms with Gasteiger partial charge in [0.2, 0.25) is 0 Å². The van der Waals surface area contributed by atoms with Crippen LogP contribution in [0.25, 0.3) is 0 Å². The minimum atomic E-state index is -0.124. The van der Waals surface area contributed by atoms with Crippen molar-refractivity contribution in [2.75, 3.05) is 20.8 Å². The predicted octanol–water partition coefficient (Wildman–Crippen LogP) is 2.62. The van der Waals surface area contributed by atoms with Crippen molar-refractivity contribution in [2.24, 2.45) is 5.92 Å². The first-order valence-electron chi connectivity index (χ1n) is 6.75. The first-order chi connectivity index (χ1) is 9.26. The third-order valence-corrected chi connectivity index (χ3v) is 3.68. The number of methoxy groups -OCH3 is 2. The average Bonchev–Trinajstić information content (AvgIpc) is 2.97. The number of carbonyl (C=O) groups is 1. The lowest BCUT2D eigenvalue weighted by Gasteiger charge is -2.14.